The number of ether oxygens (including phenoxy) is 1. The van der Waals surface area contributed by atoms with Crippen LogP contribution in [0.2, 0.25) is 0 Å². The van der Waals surface area contributed by atoms with E-state index in [9.17, 15) is 4.79 Å². The molecule has 0 aliphatic heterocycles. The van der Waals surface area contributed by atoms with Gasteiger partial charge in [-0.1, -0.05) is 12.2 Å². The van der Waals surface area contributed by atoms with Gasteiger partial charge in [0, 0.05) is 12.6 Å². The van der Waals surface area contributed by atoms with Crippen molar-refractivity contribution in [3.8, 4) is 0 Å². The number of hydrogen-bond donors (Lipinski definition) is 2. The third-order valence-electron chi connectivity index (χ3n) is 3.93. The van der Waals surface area contributed by atoms with Crippen molar-refractivity contribution in [1.82, 2.24) is 5.32 Å². The van der Waals surface area contributed by atoms with Gasteiger partial charge in [-0.05, 0) is 57.8 Å². The lowest BCUT2D eigenvalue weighted by molar-refractivity contribution is 0.0523. The molecule has 0 aromatic rings. The first-order valence-corrected chi connectivity index (χ1v) is 7.24. The van der Waals surface area contributed by atoms with Gasteiger partial charge in [-0.2, -0.15) is 0 Å². The van der Waals surface area contributed by atoms with Crippen molar-refractivity contribution >= 4 is 6.09 Å². The summed E-state index contributed by atoms with van der Waals surface area (Å²) in [5.74, 6) is 2.20. The minimum absolute atomic E-state index is 0.0188. The molecular formula is C15H26N2O2. The summed E-state index contributed by atoms with van der Waals surface area (Å²) in [5.41, 5.74) is 5.65. The molecule has 2 bridgehead atoms. The maximum Gasteiger partial charge on any atom is 0.407 e. The number of nitrogens with two attached hydrogens (primary N) is 1. The maximum atomic E-state index is 11.5. The van der Waals surface area contributed by atoms with Crippen LogP contribution in [-0.4, -0.2) is 24.3 Å². The number of alkyl carbamates (subject to hydrolysis) is 1. The number of carbonyl (C=O) groups is 1. The Kier molecular flexibility index (Phi) is 4.19. The summed E-state index contributed by atoms with van der Waals surface area (Å²) < 4.78 is 5.19. The molecule has 2 aliphatic carbocycles. The Labute approximate surface area is 115 Å². The summed E-state index contributed by atoms with van der Waals surface area (Å²) in [6.45, 7) is 6.06. The van der Waals surface area contributed by atoms with Gasteiger partial charge >= 0.3 is 6.09 Å². The van der Waals surface area contributed by atoms with Crippen molar-refractivity contribution < 1.29 is 9.53 Å². The fourth-order valence-corrected chi connectivity index (χ4v) is 3.17. The lowest BCUT2D eigenvalue weighted by Gasteiger charge is -2.23. The molecule has 4 unspecified atom stereocenters. The molecule has 108 valence electrons. The Morgan fingerprint density at radius 2 is 2.16 bits per heavy atom. The van der Waals surface area contributed by atoms with Crippen LogP contribution in [0.5, 0.6) is 0 Å². The third-order valence-corrected chi connectivity index (χ3v) is 3.93. The standard InChI is InChI=1S/C15H26N2O2/c1-15(2,3)19-14(18)17-9-13(16)8-12-7-10-4-5-11(12)6-10/h4-5,10-13H,6-9,16H2,1-3H3,(H,17,18). The average molecular weight is 266 g/mol. The molecule has 0 aromatic heterocycles. The molecule has 4 atom stereocenters. The van der Waals surface area contributed by atoms with E-state index in [0.29, 0.717) is 12.5 Å². The highest BCUT2D eigenvalue weighted by Gasteiger charge is 2.36. The molecule has 0 aromatic carbocycles. The molecule has 0 heterocycles. The summed E-state index contributed by atoms with van der Waals surface area (Å²) in [5, 5.41) is 2.75. The number of nitrogens with one attached hydrogen (secondary N) is 1. The number of rotatable bonds is 4. The van der Waals surface area contributed by atoms with Crippen LogP contribution in [0.15, 0.2) is 12.2 Å². The molecule has 3 N–H and O–H groups in total. The van der Waals surface area contributed by atoms with Crippen molar-refractivity contribution in [2.75, 3.05) is 6.54 Å². The van der Waals surface area contributed by atoms with Gasteiger partial charge in [-0.3, -0.25) is 0 Å². The first-order valence-electron chi connectivity index (χ1n) is 7.24. The molecule has 0 radical (unpaired) electrons. The number of fused-ring (bicyclic) bond motifs is 2. The summed E-state index contributed by atoms with van der Waals surface area (Å²) in [6, 6.07) is 0.0188. The second kappa shape index (κ2) is 5.53. The quantitative estimate of drug-likeness (QED) is 0.768. The zero-order chi connectivity index (χ0) is 14.0. The van der Waals surface area contributed by atoms with Gasteiger partial charge in [-0.15, -0.1) is 0 Å². The van der Waals surface area contributed by atoms with Gasteiger partial charge in [0.1, 0.15) is 5.60 Å². The van der Waals surface area contributed by atoms with E-state index < -0.39 is 5.60 Å². The van der Waals surface area contributed by atoms with Gasteiger partial charge < -0.3 is 15.8 Å². The van der Waals surface area contributed by atoms with Crippen LogP contribution in [0.25, 0.3) is 0 Å². The Morgan fingerprint density at radius 1 is 1.42 bits per heavy atom. The zero-order valence-electron chi connectivity index (χ0n) is 12.2. The zero-order valence-corrected chi connectivity index (χ0v) is 12.2. The SMILES string of the molecule is CC(C)(C)OC(=O)NCC(N)CC1CC2C=CC1C2. The molecule has 0 spiro atoms. The van der Waals surface area contributed by atoms with Crippen LogP contribution in [-0.2, 0) is 4.74 Å². The third kappa shape index (κ3) is 4.23. The normalized spacial score (nSPS) is 30.4. The number of carbonyl (C=O) groups excluding carboxylic acids is 1. The van der Waals surface area contributed by atoms with E-state index in [4.69, 9.17) is 10.5 Å². The molecule has 19 heavy (non-hydrogen) atoms. The van der Waals surface area contributed by atoms with Gasteiger partial charge in [-0.25, -0.2) is 4.79 Å². The Balaban J connectivity index is 1.66. The highest BCUT2D eigenvalue weighted by molar-refractivity contribution is 5.67. The van der Waals surface area contributed by atoms with E-state index in [2.05, 4.69) is 17.5 Å². The molecule has 4 heteroatoms. The largest absolute Gasteiger partial charge is 0.444 e. The predicted octanol–water partition coefficient (Wildman–Crippen LogP) is 2.44. The topological polar surface area (TPSA) is 64.3 Å². The van der Waals surface area contributed by atoms with Crippen molar-refractivity contribution in [3.63, 3.8) is 0 Å². The molecule has 2 aliphatic rings. The van der Waals surface area contributed by atoms with Crippen LogP contribution in [0.1, 0.15) is 40.0 Å². The maximum absolute atomic E-state index is 11.5. The molecule has 4 nitrogen and oxygen atoms in total. The van der Waals surface area contributed by atoms with Gasteiger partial charge in [0.05, 0.1) is 0 Å². The molecule has 2 rings (SSSR count). The van der Waals surface area contributed by atoms with E-state index in [0.717, 1.165) is 18.3 Å². The molecular weight excluding hydrogens is 240 g/mol. The van der Waals surface area contributed by atoms with E-state index in [-0.39, 0.29) is 12.1 Å². The number of allylic oxidation sites excluding steroid dienone is 2. The van der Waals surface area contributed by atoms with Crippen LogP contribution < -0.4 is 11.1 Å². The van der Waals surface area contributed by atoms with Crippen LogP contribution in [0.3, 0.4) is 0 Å². The summed E-state index contributed by atoms with van der Waals surface area (Å²) in [4.78, 5) is 11.5. The van der Waals surface area contributed by atoms with E-state index >= 15 is 0 Å². The van der Waals surface area contributed by atoms with E-state index in [1.807, 2.05) is 20.8 Å². The van der Waals surface area contributed by atoms with Crippen molar-refractivity contribution in [2.24, 2.45) is 23.5 Å². The molecule has 1 saturated carbocycles. The fourth-order valence-electron chi connectivity index (χ4n) is 3.17. The summed E-state index contributed by atoms with van der Waals surface area (Å²) >= 11 is 0. The second-order valence-corrected chi connectivity index (χ2v) is 6.92. The first kappa shape index (κ1) is 14.4. The van der Waals surface area contributed by atoms with Crippen molar-refractivity contribution in [3.05, 3.63) is 12.2 Å². The molecule has 1 amide bonds. The number of hydrogen-bond acceptors (Lipinski definition) is 3. The second-order valence-electron chi connectivity index (χ2n) is 6.92. The van der Waals surface area contributed by atoms with Crippen molar-refractivity contribution in [2.45, 2.75) is 51.7 Å². The summed E-state index contributed by atoms with van der Waals surface area (Å²) in [7, 11) is 0. The molecule has 0 saturated heterocycles. The van der Waals surface area contributed by atoms with Crippen LogP contribution in [0.4, 0.5) is 4.79 Å². The highest BCUT2D eigenvalue weighted by Crippen LogP contribution is 2.45. The first-order chi connectivity index (χ1) is 8.83. The lowest BCUT2D eigenvalue weighted by atomic mass is 9.88. The minimum atomic E-state index is -0.455. The highest BCUT2D eigenvalue weighted by atomic mass is 16.6. The molecule has 1 fully saturated rings. The predicted molar refractivity (Wildman–Crippen MR) is 75.7 cm³/mol. The van der Waals surface area contributed by atoms with Crippen molar-refractivity contribution in [1.29, 1.82) is 0 Å². The van der Waals surface area contributed by atoms with E-state index in [1.54, 1.807) is 0 Å². The van der Waals surface area contributed by atoms with Gasteiger partial charge in [0.2, 0.25) is 0 Å². The average Bonchev–Trinajstić information content (AvgIpc) is 2.85. The smallest absolute Gasteiger partial charge is 0.407 e. The monoisotopic (exact) mass is 266 g/mol. The van der Waals surface area contributed by atoms with Gasteiger partial charge in [0.15, 0.2) is 0 Å². The number of amides is 1. The fraction of sp³-hybridized carbons (Fsp3) is 0.800. The Bertz CT molecular complexity index is 360. The minimum Gasteiger partial charge on any atom is -0.444 e. The van der Waals surface area contributed by atoms with E-state index in [1.165, 1.54) is 12.8 Å². The Morgan fingerprint density at radius 3 is 2.68 bits per heavy atom. The van der Waals surface area contributed by atoms with Crippen LogP contribution >= 0.6 is 0 Å². The lowest BCUT2D eigenvalue weighted by Crippen LogP contribution is -2.41. The van der Waals surface area contributed by atoms with Crippen LogP contribution in [0, 0.1) is 17.8 Å². The summed E-state index contributed by atoms with van der Waals surface area (Å²) in [6.07, 6.45) is 7.86. The Hall–Kier alpha value is -1.03. The van der Waals surface area contributed by atoms with Gasteiger partial charge in [0.25, 0.3) is 0 Å².